The molecule has 0 radical (unpaired) electrons. The molecule has 0 saturated carbocycles. The molecule has 0 aliphatic carbocycles. The molecule has 3 amide bonds. The summed E-state index contributed by atoms with van der Waals surface area (Å²) in [6.45, 7) is 19.7. The van der Waals surface area contributed by atoms with Crippen molar-refractivity contribution >= 4 is 24.0 Å². The fourth-order valence-electron chi connectivity index (χ4n) is 4.19. The minimum Gasteiger partial charge on any atom is -0.444 e. The lowest BCUT2D eigenvalue weighted by molar-refractivity contribution is -0.143. The third-order valence-electron chi connectivity index (χ3n) is 5.86. The molecule has 1 aromatic carbocycles. The molecule has 0 saturated heterocycles. The number of nitrogens with one attached hydrogen (secondary N) is 2. The molecule has 0 bridgehead atoms. The van der Waals surface area contributed by atoms with Crippen LogP contribution < -0.4 is 10.6 Å². The van der Waals surface area contributed by atoms with Crippen LogP contribution in [0.2, 0.25) is 0 Å². The summed E-state index contributed by atoms with van der Waals surface area (Å²) in [4.78, 5) is 42.2. The third-order valence-corrected chi connectivity index (χ3v) is 5.86. The number of rotatable bonds is 14. The molecule has 0 heterocycles. The predicted molar refractivity (Wildman–Crippen MR) is 151 cm³/mol. The summed E-state index contributed by atoms with van der Waals surface area (Å²) in [5.74, 6) is -0.384. The van der Waals surface area contributed by atoms with E-state index in [1.54, 1.807) is 31.7 Å². The Morgan fingerprint density at radius 3 is 2.30 bits per heavy atom. The van der Waals surface area contributed by atoms with Crippen molar-refractivity contribution in [1.82, 2.24) is 15.5 Å². The van der Waals surface area contributed by atoms with Gasteiger partial charge >= 0.3 is 6.09 Å². The van der Waals surface area contributed by atoms with Gasteiger partial charge in [-0.1, -0.05) is 71.4 Å². The molecule has 0 aromatic heterocycles. The Morgan fingerprint density at radius 1 is 1.08 bits per heavy atom. The molecule has 0 fully saturated rings. The summed E-state index contributed by atoms with van der Waals surface area (Å²) in [5.41, 5.74) is 0.884. The van der Waals surface area contributed by atoms with Gasteiger partial charge in [0.1, 0.15) is 17.7 Å². The SMILES string of the molecule is C=Cc1cccc(C(C(=O)NC(C)CCC)N(CCCC)C(=O)C(CC(C)C)NC(=O)OC(C)(C)C)c1. The molecule has 0 aliphatic heterocycles. The molecule has 0 aliphatic rings. The molecular weight excluding hydrogens is 466 g/mol. The number of hydrogen-bond donors (Lipinski definition) is 2. The lowest BCUT2D eigenvalue weighted by Crippen LogP contribution is -2.54. The van der Waals surface area contributed by atoms with E-state index in [9.17, 15) is 14.4 Å². The van der Waals surface area contributed by atoms with Gasteiger partial charge in [-0.05, 0) is 70.1 Å². The van der Waals surface area contributed by atoms with Crippen LogP contribution in [0.1, 0.15) is 105 Å². The molecule has 0 spiro atoms. The van der Waals surface area contributed by atoms with Gasteiger partial charge in [-0.25, -0.2) is 4.79 Å². The summed E-state index contributed by atoms with van der Waals surface area (Å²) in [7, 11) is 0. The van der Waals surface area contributed by atoms with E-state index in [-0.39, 0.29) is 23.8 Å². The molecular formula is C30H49N3O4. The Kier molecular flexibility index (Phi) is 13.4. The summed E-state index contributed by atoms with van der Waals surface area (Å²) in [6.07, 6.45) is 4.86. The second kappa shape index (κ2) is 15.4. The first-order chi connectivity index (χ1) is 17.3. The van der Waals surface area contributed by atoms with Gasteiger partial charge in [0, 0.05) is 12.6 Å². The van der Waals surface area contributed by atoms with Crippen LogP contribution in [0.15, 0.2) is 30.8 Å². The average Bonchev–Trinajstić information content (AvgIpc) is 2.79. The molecule has 1 rings (SSSR count). The van der Waals surface area contributed by atoms with Crippen LogP contribution >= 0.6 is 0 Å². The number of amides is 3. The van der Waals surface area contributed by atoms with Crippen molar-refractivity contribution in [3.8, 4) is 0 Å². The van der Waals surface area contributed by atoms with Crippen molar-refractivity contribution < 1.29 is 19.1 Å². The number of ether oxygens (including phenoxy) is 1. The number of unbranched alkanes of at least 4 members (excludes halogenated alkanes) is 1. The van der Waals surface area contributed by atoms with Crippen molar-refractivity contribution in [1.29, 1.82) is 0 Å². The highest BCUT2D eigenvalue weighted by atomic mass is 16.6. The number of nitrogens with zero attached hydrogens (tertiary/aromatic N) is 1. The van der Waals surface area contributed by atoms with Crippen LogP contribution in [-0.4, -0.2) is 47.0 Å². The van der Waals surface area contributed by atoms with E-state index in [4.69, 9.17) is 4.74 Å². The Hall–Kier alpha value is -2.83. The summed E-state index contributed by atoms with van der Waals surface area (Å²) < 4.78 is 5.45. The number of alkyl carbamates (subject to hydrolysis) is 1. The van der Waals surface area contributed by atoms with Gasteiger partial charge < -0.3 is 20.3 Å². The molecule has 37 heavy (non-hydrogen) atoms. The lowest BCUT2D eigenvalue weighted by Gasteiger charge is -2.35. The molecule has 7 nitrogen and oxygen atoms in total. The quantitative estimate of drug-likeness (QED) is 0.307. The smallest absolute Gasteiger partial charge is 0.408 e. The second-order valence-corrected chi connectivity index (χ2v) is 11.2. The highest BCUT2D eigenvalue weighted by Gasteiger charge is 2.36. The molecule has 1 aromatic rings. The van der Waals surface area contributed by atoms with Crippen molar-refractivity contribution in [3.63, 3.8) is 0 Å². The summed E-state index contributed by atoms with van der Waals surface area (Å²) in [6, 6.07) is 5.85. The van der Waals surface area contributed by atoms with Crippen LogP contribution in [0.3, 0.4) is 0 Å². The first-order valence-electron chi connectivity index (χ1n) is 13.7. The average molecular weight is 516 g/mol. The predicted octanol–water partition coefficient (Wildman–Crippen LogP) is 6.24. The Morgan fingerprint density at radius 2 is 1.76 bits per heavy atom. The van der Waals surface area contributed by atoms with Crippen molar-refractivity contribution in [2.75, 3.05) is 6.54 Å². The van der Waals surface area contributed by atoms with Crippen molar-refractivity contribution in [2.45, 2.75) is 111 Å². The number of benzene rings is 1. The van der Waals surface area contributed by atoms with E-state index in [0.717, 1.165) is 31.2 Å². The Balaban J connectivity index is 3.52. The van der Waals surface area contributed by atoms with Crippen LogP contribution in [0.4, 0.5) is 4.79 Å². The van der Waals surface area contributed by atoms with Crippen LogP contribution in [-0.2, 0) is 14.3 Å². The van der Waals surface area contributed by atoms with Crippen molar-refractivity contribution in [3.05, 3.63) is 42.0 Å². The normalized spacial score (nSPS) is 13.9. The highest BCUT2D eigenvalue weighted by Crippen LogP contribution is 2.26. The monoisotopic (exact) mass is 515 g/mol. The lowest BCUT2D eigenvalue weighted by atomic mass is 9.97. The molecule has 3 atom stereocenters. The maximum atomic E-state index is 14.1. The van der Waals surface area contributed by atoms with Gasteiger partial charge in [-0.2, -0.15) is 0 Å². The summed E-state index contributed by atoms with van der Waals surface area (Å²) in [5, 5.41) is 5.90. The Bertz CT molecular complexity index is 891. The minimum absolute atomic E-state index is 0.0305. The van der Waals surface area contributed by atoms with Gasteiger partial charge in [0.05, 0.1) is 0 Å². The van der Waals surface area contributed by atoms with Crippen LogP contribution in [0, 0.1) is 5.92 Å². The number of carbonyl (C=O) groups is 3. The minimum atomic E-state index is -0.839. The van der Waals surface area contributed by atoms with Gasteiger partial charge in [-0.15, -0.1) is 0 Å². The second-order valence-electron chi connectivity index (χ2n) is 11.2. The van der Waals surface area contributed by atoms with Crippen molar-refractivity contribution in [2.24, 2.45) is 5.92 Å². The zero-order valence-electron chi connectivity index (χ0n) is 24.2. The van der Waals surface area contributed by atoms with Crippen LogP contribution in [0.25, 0.3) is 6.08 Å². The van der Waals surface area contributed by atoms with E-state index in [0.29, 0.717) is 18.5 Å². The first kappa shape index (κ1) is 32.2. The molecule has 208 valence electrons. The highest BCUT2D eigenvalue weighted by molar-refractivity contribution is 5.92. The maximum absolute atomic E-state index is 14.1. The number of carbonyl (C=O) groups excluding carboxylic acids is 3. The van der Waals surface area contributed by atoms with E-state index in [2.05, 4.69) is 24.1 Å². The Labute approximate surface area is 224 Å². The largest absolute Gasteiger partial charge is 0.444 e. The first-order valence-corrected chi connectivity index (χ1v) is 13.7. The van der Waals surface area contributed by atoms with Gasteiger partial charge in [0.15, 0.2) is 0 Å². The molecule has 7 heteroatoms. The summed E-state index contributed by atoms with van der Waals surface area (Å²) >= 11 is 0. The maximum Gasteiger partial charge on any atom is 0.408 e. The fourth-order valence-corrected chi connectivity index (χ4v) is 4.19. The zero-order valence-corrected chi connectivity index (χ0v) is 24.2. The molecule has 3 unspecified atom stereocenters. The van der Waals surface area contributed by atoms with Gasteiger partial charge in [0.2, 0.25) is 11.8 Å². The van der Waals surface area contributed by atoms with E-state index < -0.39 is 23.8 Å². The third kappa shape index (κ3) is 11.4. The van der Waals surface area contributed by atoms with Gasteiger partial charge in [0.25, 0.3) is 0 Å². The van der Waals surface area contributed by atoms with Gasteiger partial charge in [-0.3, -0.25) is 9.59 Å². The van der Waals surface area contributed by atoms with E-state index in [1.165, 1.54) is 0 Å². The van der Waals surface area contributed by atoms with E-state index >= 15 is 0 Å². The molecule has 2 N–H and O–H groups in total. The topological polar surface area (TPSA) is 87.7 Å². The van der Waals surface area contributed by atoms with E-state index in [1.807, 2.05) is 52.0 Å². The zero-order chi connectivity index (χ0) is 28.2. The standard InChI is InChI=1S/C30H49N3O4/c1-10-13-18-33(28(35)25(19-21(4)5)32-29(36)37-30(7,8)9)26(27(34)31-22(6)15-11-2)24-17-14-16-23(12-3)20-24/h12,14,16-17,20-22,25-26H,3,10-11,13,15,18-19H2,1-2,4-9H3,(H,31,34)(H,32,36). The number of hydrogen-bond acceptors (Lipinski definition) is 4. The fraction of sp³-hybridized carbons (Fsp3) is 0.633. The van der Waals surface area contributed by atoms with Crippen LogP contribution in [0.5, 0.6) is 0 Å².